The highest BCUT2D eigenvalue weighted by Crippen LogP contribution is 2.13. The lowest BCUT2D eigenvalue weighted by Crippen LogP contribution is -2.27. The summed E-state index contributed by atoms with van der Waals surface area (Å²) in [5, 5.41) is 10.8. The maximum absolute atomic E-state index is 11.9. The zero-order chi connectivity index (χ0) is 16.7. The molecule has 0 spiro atoms. The van der Waals surface area contributed by atoms with E-state index in [1.165, 1.54) is 0 Å². The molecule has 1 aromatic carbocycles. The van der Waals surface area contributed by atoms with Gasteiger partial charge in [-0.25, -0.2) is 0 Å². The summed E-state index contributed by atoms with van der Waals surface area (Å²) in [6.07, 6.45) is 0.877. The van der Waals surface area contributed by atoms with Crippen LogP contribution in [0.1, 0.15) is 44.0 Å². The highest BCUT2D eigenvalue weighted by atomic mass is 16.5. The first kappa shape index (κ1) is 17.0. The van der Waals surface area contributed by atoms with Crippen molar-refractivity contribution < 1.29 is 13.9 Å². The van der Waals surface area contributed by atoms with Crippen molar-refractivity contribution in [1.82, 2.24) is 15.5 Å². The minimum atomic E-state index is -0.0299. The molecule has 1 N–H and O–H groups in total. The van der Waals surface area contributed by atoms with Gasteiger partial charge in [-0.15, -0.1) is 10.2 Å². The van der Waals surface area contributed by atoms with Gasteiger partial charge in [-0.05, 0) is 24.6 Å². The monoisotopic (exact) mass is 317 g/mol. The Morgan fingerprint density at radius 1 is 1.26 bits per heavy atom. The fraction of sp³-hybridized carbons (Fsp3) is 0.471. The molecule has 1 aromatic heterocycles. The van der Waals surface area contributed by atoms with Gasteiger partial charge in [0, 0.05) is 18.9 Å². The number of hydrogen-bond donors (Lipinski definition) is 1. The fourth-order valence-electron chi connectivity index (χ4n) is 2.03. The third-order valence-electron chi connectivity index (χ3n) is 3.24. The molecule has 0 fully saturated rings. The third kappa shape index (κ3) is 5.39. The van der Waals surface area contributed by atoms with Crippen molar-refractivity contribution in [2.45, 2.75) is 39.5 Å². The van der Waals surface area contributed by atoms with E-state index in [0.29, 0.717) is 37.8 Å². The van der Waals surface area contributed by atoms with Gasteiger partial charge < -0.3 is 14.5 Å². The van der Waals surface area contributed by atoms with Gasteiger partial charge in [-0.3, -0.25) is 4.79 Å². The van der Waals surface area contributed by atoms with Gasteiger partial charge in [0.05, 0.1) is 13.0 Å². The lowest BCUT2D eigenvalue weighted by molar-refractivity contribution is -0.120. The molecule has 0 aliphatic carbocycles. The van der Waals surface area contributed by atoms with Gasteiger partial charge in [0.2, 0.25) is 17.7 Å². The van der Waals surface area contributed by atoms with E-state index in [9.17, 15) is 4.79 Å². The maximum Gasteiger partial charge on any atom is 0.224 e. The molecule has 0 bridgehead atoms. The Morgan fingerprint density at radius 2 is 2.00 bits per heavy atom. The van der Waals surface area contributed by atoms with E-state index in [2.05, 4.69) is 15.5 Å². The maximum atomic E-state index is 11.9. The molecule has 1 heterocycles. The van der Waals surface area contributed by atoms with Crippen molar-refractivity contribution in [2.75, 3.05) is 13.2 Å². The number of benzene rings is 1. The highest BCUT2D eigenvalue weighted by Gasteiger charge is 2.10. The molecule has 0 radical (unpaired) electrons. The van der Waals surface area contributed by atoms with Gasteiger partial charge in [0.1, 0.15) is 5.75 Å². The minimum absolute atomic E-state index is 0.0299. The molecule has 0 saturated heterocycles. The number of amides is 1. The molecular formula is C17H23N3O3. The first-order chi connectivity index (χ1) is 11.1. The number of ether oxygens (including phenoxy) is 1. The summed E-state index contributed by atoms with van der Waals surface area (Å²) in [5.74, 6) is 2.17. The van der Waals surface area contributed by atoms with Crippen molar-refractivity contribution in [3.05, 3.63) is 41.6 Å². The lowest BCUT2D eigenvalue weighted by Gasteiger charge is -2.06. The number of carbonyl (C=O) groups is 1. The minimum Gasteiger partial charge on any atom is -0.494 e. The molecule has 124 valence electrons. The predicted molar refractivity (Wildman–Crippen MR) is 86.4 cm³/mol. The van der Waals surface area contributed by atoms with Gasteiger partial charge in [0.15, 0.2) is 0 Å². The molecule has 0 atom stereocenters. The summed E-state index contributed by atoms with van der Waals surface area (Å²) in [6, 6.07) is 7.55. The van der Waals surface area contributed by atoms with Crippen LogP contribution in [0.15, 0.2) is 28.7 Å². The first-order valence-corrected chi connectivity index (χ1v) is 7.89. The molecule has 0 unspecified atom stereocenters. The van der Waals surface area contributed by atoms with E-state index in [-0.39, 0.29) is 11.8 Å². The number of aromatic nitrogens is 2. The van der Waals surface area contributed by atoms with E-state index in [4.69, 9.17) is 9.15 Å². The normalized spacial score (nSPS) is 10.8. The average molecular weight is 317 g/mol. The lowest BCUT2D eigenvalue weighted by atomic mass is 10.1. The molecule has 0 aliphatic heterocycles. The summed E-state index contributed by atoms with van der Waals surface area (Å²) in [7, 11) is 0. The third-order valence-corrected chi connectivity index (χ3v) is 3.24. The van der Waals surface area contributed by atoms with E-state index in [1.54, 1.807) is 0 Å². The van der Waals surface area contributed by atoms with E-state index in [0.717, 1.165) is 11.3 Å². The first-order valence-electron chi connectivity index (χ1n) is 7.89. The molecule has 0 saturated carbocycles. The second-order valence-electron chi connectivity index (χ2n) is 5.54. The average Bonchev–Trinajstić information content (AvgIpc) is 2.99. The zero-order valence-electron chi connectivity index (χ0n) is 13.8. The van der Waals surface area contributed by atoms with Crippen LogP contribution in [0.3, 0.4) is 0 Å². The van der Waals surface area contributed by atoms with Crippen molar-refractivity contribution >= 4 is 5.91 Å². The number of nitrogens with one attached hydrogen (secondary N) is 1. The summed E-state index contributed by atoms with van der Waals surface area (Å²) in [6.45, 7) is 7.05. The number of carbonyl (C=O) groups excluding carboxylic acids is 1. The van der Waals surface area contributed by atoms with Crippen LogP contribution in [0.5, 0.6) is 5.75 Å². The molecular weight excluding hydrogens is 294 g/mol. The van der Waals surface area contributed by atoms with Gasteiger partial charge in [-0.2, -0.15) is 0 Å². The predicted octanol–water partition coefficient (Wildman–Crippen LogP) is 2.49. The number of rotatable bonds is 8. The van der Waals surface area contributed by atoms with Crippen molar-refractivity contribution in [1.29, 1.82) is 0 Å². The Morgan fingerprint density at radius 3 is 2.61 bits per heavy atom. The van der Waals surface area contributed by atoms with Crippen LogP contribution in [0.4, 0.5) is 0 Å². The second kappa shape index (κ2) is 8.31. The Kier molecular flexibility index (Phi) is 6.14. The molecule has 6 nitrogen and oxygen atoms in total. The van der Waals surface area contributed by atoms with Gasteiger partial charge >= 0.3 is 0 Å². The SMILES string of the molecule is CCOc1ccc(CC(=O)NCCc2nnc(C(C)C)o2)cc1. The summed E-state index contributed by atoms with van der Waals surface area (Å²) in [4.78, 5) is 11.9. The molecule has 2 aromatic rings. The Bertz CT molecular complexity index is 620. The van der Waals surface area contributed by atoms with Crippen LogP contribution in [-0.4, -0.2) is 29.3 Å². The number of hydrogen-bond acceptors (Lipinski definition) is 5. The van der Waals surface area contributed by atoms with Crippen molar-refractivity contribution in [3.63, 3.8) is 0 Å². The highest BCUT2D eigenvalue weighted by molar-refractivity contribution is 5.78. The standard InChI is InChI=1S/C17H23N3O3/c1-4-22-14-7-5-13(6-8-14)11-15(21)18-10-9-16-19-20-17(23-16)12(2)3/h5-8,12H,4,9-11H2,1-3H3,(H,18,21). The quantitative estimate of drug-likeness (QED) is 0.809. The Balaban J connectivity index is 1.74. The summed E-state index contributed by atoms with van der Waals surface area (Å²) < 4.78 is 10.9. The molecule has 1 amide bonds. The van der Waals surface area contributed by atoms with Crippen LogP contribution in [0, 0.1) is 0 Å². The summed E-state index contributed by atoms with van der Waals surface area (Å²) >= 11 is 0. The van der Waals surface area contributed by atoms with Crippen LogP contribution in [0.2, 0.25) is 0 Å². The molecule has 23 heavy (non-hydrogen) atoms. The summed E-state index contributed by atoms with van der Waals surface area (Å²) in [5.41, 5.74) is 0.950. The van der Waals surface area contributed by atoms with Crippen LogP contribution < -0.4 is 10.1 Å². The van der Waals surface area contributed by atoms with E-state index < -0.39 is 0 Å². The second-order valence-corrected chi connectivity index (χ2v) is 5.54. The van der Waals surface area contributed by atoms with Crippen LogP contribution in [-0.2, 0) is 17.6 Å². The zero-order valence-corrected chi connectivity index (χ0v) is 13.8. The van der Waals surface area contributed by atoms with Crippen molar-refractivity contribution in [2.24, 2.45) is 0 Å². The molecule has 6 heteroatoms. The topological polar surface area (TPSA) is 77.2 Å². The van der Waals surface area contributed by atoms with Crippen LogP contribution in [0.25, 0.3) is 0 Å². The van der Waals surface area contributed by atoms with Crippen molar-refractivity contribution in [3.8, 4) is 5.75 Å². The largest absolute Gasteiger partial charge is 0.494 e. The molecule has 0 aliphatic rings. The van der Waals surface area contributed by atoms with E-state index in [1.807, 2.05) is 45.0 Å². The Hall–Kier alpha value is -2.37. The number of nitrogens with zero attached hydrogens (tertiary/aromatic N) is 2. The van der Waals surface area contributed by atoms with Gasteiger partial charge in [0.25, 0.3) is 0 Å². The molecule has 2 rings (SSSR count). The Labute approximate surface area is 136 Å². The fourth-order valence-corrected chi connectivity index (χ4v) is 2.03. The smallest absolute Gasteiger partial charge is 0.224 e. The van der Waals surface area contributed by atoms with Crippen LogP contribution >= 0.6 is 0 Å². The van der Waals surface area contributed by atoms with Gasteiger partial charge in [-0.1, -0.05) is 26.0 Å². The van der Waals surface area contributed by atoms with E-state index >= 15 is 0 Å².